The molecule has 0 spiro atoms. The number of nitro benzene ring substituents is 1. The number of carbonyl (C=O) groups is 2. The summed E-state index contributed by atoms with van der Waals surface area (Å²) < 4.78 is 2.59. The van der Waals surface area contributed by atoms with Crippen molar-refractivity contribution in [2.75, 3.05) is 0 Å². The minimum Gasteiger partial charge on any atom is -0.287 e. The van der Waals surface area contributed by atoms with Gasteiger partial charge in [0.15, 0.2) is 5.69 Å². The van der Waals surface area contributed by atoms with E-state index < -0.39 is 27.9 Å². The van der Waals surface area contributed by atoms with Crippen molar-refractivity contribution in [3.8, 4) is 5.69 Å². The van der Waals surface area contributed by atoms with Gasteiger partial charge in [0.05, 0.1) is 10.6 Å². The quantitative estimate of drug-likeness (QED) is 0.451. The number of aromatic nitrogens is 4. The number of aryl methyl sites for hydroxylation is 3. The van der Waals surface area contributed by atoms with E-state index in [2.05, 4.69) is 21.0 Å². The summed E-state index contributed by atoms with van der Waals surface area (Å²) in [7, 11) is 0. The molecule has 0 aliphatic heterocycles. The molecule has 2 heterocycles. The Kier molecular flexibility index (Phi) is 5.90. The number of hydrazine groups is 1. The first kappa shape index (κ1) is 21.4. The number of nitrogens with one attached hydrogen (secondary N) is 2. The molecule has 0 unspecified atom stereocenters. The predicted octanol–water partition coefficient (Wildman–Crippen LogP) is 0.724. The summed E-state index contributed by atoms with van der Waals surface area (Å²) in [5.41, 5.74) is 4.76. The van der Waals surface area contributed by atoms with E-state index in [-0.39, 0.29) is 17.9 Å². The fourth-order valence-electron chi connectivity index (χ4n) is 2.94. The molecule has 3 aromatic rings. The minimum atomic E-state index is -0.959. The van der Waals surface area contributed by atoms with Crippen molar-refractivity contribution >= 4 is 17.5 Å². The van der Waals surface area contributed by atoms with E-state index in [1.54, 1.807) is 26.0 Å². The maximum absolute atomic E-state index is 12.4. The van der Waals surface area contributed by atoms with E-state index in [1.807, 2.05) is 0 Å². The van der Waals surface area contributed by atoms with Crippen LogP contribution in [0.5, 0.6) is 0 Å². The highest BCUT2D eigenvalue weighted by atomic mass is 16.6. The van der Waals surface area contributed by atoms with Crippen LogP contribution >= 0.6 is 0 Å². The molecule has 0 fully saturated rings. The average Bonchev–Trinajstić information content (AvgIpc) is 3.02. The Morgan fingerprint density at radius 1 is 1.06 bits per heavy atom. The number of hydrogen-bond donors (Lipinski definition) is 2. The van der Waals surface area contributed by atoms with Crippen LogP contribution < -0.4 is 16.3 Å². The third-order valence-electron chi connectivity index (χ3n) is 4.34. The van der Waals surface area contributed by atoms with Gasteiger partial charge in [-0.1, -0.05) is 12.1 Å². The maximum atomic E-state index is 12.4. The van der Waals surface area contributed by atoms with Gasteiger partial charge in [0.2, 0.25) is 5.43 Å². The number of hydrogen-bond acceptors (Lipinski definition) is 7. The first-order valence-corrected chi connectivity index (χ1v) is 9.12. The van der Waals surface area contributed by atoms with E-state index in [4.69, 9.17) is 0 Å². The molecule has 12 heteroatoms. The Balaban J connectivity index is 1.81. The number of nitro groups is 1. The number of rotatable bonds is 5. The Morgan fingerprint density at radius 3 is 2.42 bits per heavy atom. The van der Waals surface area contributed by atoms with Crippen LogP contribution in [0.4, 0.5) is 5.69 Å². The molecule has 31 heavy (non-hydrogen) atoms. The van der Waals surface area contributed by atoms with Gasteiger partial charge < -0.3 is 0 Å². The van der Waals surface area contributed by atoms with Crippen molar-refractivity contribution in [1.82, 2.24) is 30.4 Å². The maximum Gasteiger partial charge on any atom is 0.294 e. The molecule has 12 nitrogen and oxygen atoms in total. The highest BCUT2D eigenvalue weighted by Gasteiger charge is 2.20. The summed E-state index contributed by atoms with van der Waals surface area (Å²) in [5, 5.41) is 19.4. The highest BCUT2D eigenvalue weighted by molar-refractivity contribution is 5.93. The minimum absolute atomic E-state index is 0.0904. The van der Waals surface area contributed by atoms with Crippen LogP contribution in [0, 0.1) is 30.9 Å². The molecule has 2 N–H and O–H groups in total. The Morgan fingerprint density at radius 2 is 1.77 bits per heavy atom. The topological polar surface area (TPSA) is 154 Å². The largest absolute Gasteiger partial charge is 0.294 e. The van der Waals surface area contributed by atoms with Crippen LogP contribution in [-0.2, 0) is 11.3 Å². The van der Waals surface area contributed by atoms with Crippen LogP contribution in [0.15, 0.2) is 41.2 Å². The van der Waals surface area contributed by atoms with Gasteiger partial charge in [-0.3, -0.25) is 40.0 Å². The van der Waals surface area contributed by atoms with Crippen LogP contribution in [0.2, 0.25) is 0 Å². The van der Waals surface area contributed by atoms with Crippen LogP contribution in [0.25, 0.3) is 5.69 Å². The molecule has 0 radical (unpaired) electrons. The van der Waals surface area contributed by atoms with Crippen molar-refractivity contribution in [3.63, 3.8) is 0 Å². The number of nitrogens with zero attached hydrogens (tertiary/aromatic N) is 5. The van der Waals surface area contributed by atoms with Crippen LogP contribution in [-0.4, -0.2) is 36.3 Å². The summed E-state index contributed by atoms with van der Waals surface area (Å²) in [6.45, 7) is 4.96. The molecule has 2 amide bonds. The van der Waals surface area contributed by atoms with E-state index in [9.17, 15) is 24.5 Å². The molecule has 0 saturated heterocycles. The summed E-state index contributed by atoms with van der Waals surface area (Å²) in [6.07, 6.45) is 0. The van der Waals surface area contributed by atoms with Gasteiger partial charge in [-0.05, 0) is 32.9 Å². The lowest BCUT2D eigenvalue weighted by atomic mass is 10.2. The number of para-hydroxylation sites is 2. The Labute approximate surface area is 175 Å². The zero-order valence-corrected chi connectivity index (χ0v) is 16.9. The molecule has 0 bridgehead atoms. The van der Waals surface area contributed by atoms with Gasteiger partial charge in [0.1, 0.15) is 12.2 Å². The van der Waals surface area contributed by atoms with Crippen molar-refractivity contribution < 1.29 is 14.5 Å². The lowest BCUT2D eigenvalue weighted by Gasteiger charge is -2.12. The third-order valence-corrected chi connectivity index (χ3v) is 4.34. The average molecular weight is 425 g/mol. The lowest BCUT2D eigenvalue weighted by Crippen LogP contribution is -2.45. The van der Waals surface area contributed by atoms with E-state index in [1.165, 1.54) is 29.8 Å². The summed E-state index contributed by atoms with van der Waals surface area (Å²) in [5.74, 6) is -1.52. The van der Waals surface area contributed by atoms with Gasteiger partial charge in [-0.15, -0.1) is 0 Å². The SMILES string of the molecule is Cc1cc(C)n(CC(=O)NNC(=O)c2nn(-c3ccccc3[N+](=O)[O-])c(C)cc2=O)n1. The number of carbonyl (C=O) groups excluding carboxylic acids is 2. The van der Waals surface area contributed by atoms with Gasteiger partial charge in [0.25, 0.3) is 17.5 Å². The molecule has 2 aromatic heterocycles. The molecule has 160 valence electrons. The second-order valence-corrected chi connectivity index (χ2v) is 6.74. The normalized spacial score (nSPS) is 10.5. The molecular weight excluding hydrogens is 406 g/mol. The van der Waals surface area contributed by atoms with Gasteiger partial charge in [0, 0.05) is 23.5 Å². The van der Waals surface area contributed by atoms with Crippen molar-refractivity contribution in [1.29, 1.82) is 0 Å². The van der Waals surface area contributed by atoms with Crippen molar-refractivity contribution in [2.45, 2.75) is 27.3 Å². The predicted molar refractivity (Wildman–Crippen MR) is 109 cm³/mol. The fraction of sp³-hybridized carbons (Fsp3) is 0.211. The van der Waals surface area contributed by atoms with Gasteiger partial charge in [-0.25, -0.2) is 4.68 Å². The van der Waals surface area contributed by atoms with Gasteiger partial charge in [-0.2, -0.15) is 10.2 Å². The van der Waals surface area contributed by atoms with E-state index in [0.717, 1.165) is 22.1 Å². The zero-order valence-electron chi connectivity index (χ0n) is 16.9. The molecule has 0 saturated carbocycles. The zero-order chi connectivity index (χ0) is 22.7. The van der Waals surface area contributed by atoms with Crippen LogP contribution in [0.1, 0.15) is 27.6 Å². The summed E-state index contributed by atoms with van der Waals surface area (Å²) >= 11 is 0. The van der Waals surface area contributed by atoms with Crippen LogP contribution in [0.3, 0.4) is 0 Å². The molecule has 0 atom stereocenters. The molecular formula is C19H19N7O5. The second kappa shape index (κ2) is 8.57. The molecule has 3 rings (SSSR count). The molecule has 1 aromatic carbocycles. The smallest absolute Gasteiger partial charge is 0.287 e. The van der Waals surface area contributed by atoms with E-state index in [0.29, 0.717) is 5.69 Å². The number of amides is 2. The summed E-state index contributed by atoms with van der Waals surface area (Å²) in [6, 6.07) is 8.73. The molecule has 0 aliphatic rings. The lowest BCUT2D eigenvalue weighted by molar-refractivity contribution is -0.384. The Hall–Kier alpha value is -4.35. The first-order chi connectivity index (χ1) is 14.7. The standard InChI is InChI=1S/C19H19N7O5/c1-11-8-12(2)24(22-11)10-17(28)20-21-19(29)18-16(27)9-13(3)25(23-18)14-6-4-5-7-15(14)26(30)31/h4-9H,10H2,1-3H3,(H,20,28)(H,21,29). The Bertz CT molecular complexity index is 1240. The van der Waals surface area contributed by atoms with Crippen molar-refractivity contribution in [3.05, 3.63) is 79.5 Å². The first-order valence-electron chi connectivity index (χ1n) is 9.12. The fourth-order valence-corrected chi connectivity index (χ4v) is 2.94. The highest BCUT2D eigenvalue weighted by Crippen LogP contribution is 2.22. The summed E-state index contributed by atoms with van der Waals surface area (Å²) in [4.78, 5) is 47.5. The van der Waals surface area contributed by atoms with E-state index >= 15 is 0 Å². The number of benzene rings is 1. The van der Waals surface area contributed by atoms with Crippen molar-refractivity contribution in [2.24, 2.45) is 0 Å². The third kappa shape index (κ3) is 4.63. The second-order valence-electron chi connectivity index (χ2n) is 6.74. The van der Waals surface area contributed by atoms with Gasteiger partial charge >= 0.3 is 0 Å². The molecule has 0 aliphatic carbocycles. The monoisotopic (exact) mass is 425 g/mol.